The fraction of sp³-hybridized carbons (Fsp3) is 0.458. The minimum Gasteiger partial charge on any atom is -0.388 e. The molecule has 3 rings (SSSR count). The summed E-state index contributed by atoms with van der Waals surface area (Å²) in [5.74, 6) is 0.0257. The maximum Gasteiger partial charge on any atom is 0.224 e. The second kappa shape index (κ2) is 11.1. The zero-order valence-electron chi connectivity index (χ0n) is 17.3. The van der Waals surface area contributed by atoms with Crippen molar-refractivity contribution in [2.45, 2.75) is 38.7 Å². The molecule has 1 fully saturated rings. The average molecular weight is 397 g/mol. The number of hydrogen-bond acceptors (Lipinski definition) is 4. The summed E-state index contributed by atoms with van der Waals surface area (Å²) < 4.78 is 5.35. The number of carbonyl (C=O) groups is 1. The highest BCUT2D eigenvalue weighted by Gasteiger charge is 2.14. The third-order valence-corrected chi connectivity index (χ3v) is 5.39. The van der Waals surface area contributed by atoms with E-state index in [0.717, 1.165) is 56.9 Å². The van der Waals surface area contributed by atoms with E-state index in [9.17, 15) is 9.90 Å². The van der Waals surface area contributed by atoms with Gasteiger partial charge in [0.25, 0.3) is 0 Å². The Bertz CT molecular complexity index is 753. The number of ether oxygens (including phenoxy) is 1. The number of nitrogens with zero attached hydrogens (tertiary/aromatic N) is 1. The number of aliphatic hydroxyl groups excluding tert-OH is 1. The number of aliphatic hydroxyl groups is 1. The van der Waals surface area contributed by atoms with Gasteiger partial charge in [-0.2, -0.15) is 0 Å². The van der Waals surface area contributed by atoms with Crippen LogP contribution in [0.5, 0.6) is 0 Å². The quantitative estimate of drug-likeness (QED) is 0.678. The molecule has 1 unspecified atom stereocenters. The molecule has 0 aliphatic carbocycles. The first-order chi connectivity index (χ1) is 14.1. The van der Waals surface area contributed by atoms with Crippen molar-refractivity contribution < 1.29 is 14.6 Å². The molecular weight excluding hydrogens is 364 g/mol. The maximum atomic E-state index is 12.2. The van der Waals surface area contributed by atoms with Crippen LogP contribution in [0.4, 0.5) is 5.69 Å². The number of amides is 1. The predicted octanol–water partition coefficient (Wildman–Crippen LogP) is 3.71. The van der Waals surface area contributed by atoms with Crippen molar-refractivity contribution in [1.82, 2.24) is 4.90 Å². The molecule has 1 heterocycles. The molecule has 1 amide bonds. The van der Waals surface area contributed by atoms with Crippen LogP contribution in [0, 0.1) is 6.92 Å². The van der Waals surface area contributed by atoms with Crippen LogP contribution in [0.3, 0.4) is 0 Å². The van der Waals surface area contributed by atoms with Gasteiger partial charge in [-0.25, -0.2) is 0 Å². The van der Waals surface area contributed by atoms with Gasteiger partial charge >= 0.3 is 0 Å². The third-order valence-electron chi connectivity index (χ3n) is 5.39. The lowest BCUT2D eigenvalue weighted by atomic mass is 10.1. The molecule has 5 nitrogen and oxygen atoms in total. The molecule has 0 radical (unpaired) electrons. The molecule has 1 aliphatic rings. The van der Waals surface area contributed by atoms with Crippen molar-refractivity contribution in [3.63, 3.8) is 0 Å². The van der Waals surface area contributed by atoms with Gasteiger partial charge in [-0.05, 0) is 49.4 Å². The van der Waals surface area contributed by atoms with Gasteiger partial charge in [0, 0.05) is 31.7 Å². The number of aryl methyl sites for hydroxylation is 2. The van der Waals surface area contributed by atoms with Gasteiger partial charge in [-0.3, -0.25) is 9.69 Å². The van der Waals surface area contributed by atoms with E-state index >= 15 is 0 Å². The number of rotatable bonds is 9. The predicted molar refractivity (Wildman–Crippen MR) is 116 cm³/mol. The largest absolute Gasteiger partial charge is 0.388 e. The Morgan fingerprint density at radius 1 is 1.10 bits per heavy atom. The topological polar surface area (TPSA) is 61.8 Å². The minimum atomic E-state index is -0.489. The number of morpholine rings is 1. The Morgan fingerprint density at radius 3 is 2.48 bits per heavy atom. The van der Waals surface area contributed by atoms with E-state index in [1.54, 1.807) is 0 Å². The van der Waals surface area contributed by atoms with Crippen molar-refractivity contribution in [2.75, 3.05) is 38.2 Å². The van der Waals surface area contributed by atoms with E-state index in [4.69, 9.17) is 4.74 Å². The Morgan fingerprint density at radius 2 is 1.79 bits per heavy atom. The minimum absolute atomic E-state index is 0.0257. The molecule has 2 N–H and O–H groups in total. The van der Waals surface area contributed by atoms with Crippen LogP contribution in [0.1, 0.15) is 42.1 Å². The molecule has 1 aliphatic heterocycles. The Balaban J connectivity index is 1.38. The van der Waals surface area contributed by atoms with Gasteiger partial charge in [0.1, 0.15) is 0 Å². The summed E-state index contributed by atoms with van der Waals surface area (Å²) in [5, 5.41) is 13.4. The second-order valence-corrected chi connectivity index (χ2v) is 7.77. The van der Waals surface area contributed by atoms with E-state index in [0.29, 0.717) is 12.8 Å². The first kappa shape index (κ1) is 21.5. The third kappa shape index (κ3) is 7.28. The first-order valence-electron chi connectivity index (χ1n) is 10.5. The van der Waals surface area contributed by atoms with Crippen LogP contribution < -0.4 is 5.32 Å². The smallest absolute Gasteiger partial charge is 0.224 e. The number of anilines is 1. The monoisotopic (exact) mass is 396 g/mol. The van der Waals surface area contributed by atoms with Gasteiger partial charge in [0.05, 0.1) is 19.3 Å². The number of nitrogens with one attached hydrogen (secondary N) is 1. The molecule has 5 heteroatoms. The van der Waals surface area contributed by atoms with Gasteiger partial charge in [0.15, 0.2) is 0 Å². The molecule has 0 saturated carbocycles. The summed E-state index contributed by atoms with van der Waals surface area (Å²) in [6.07, 6.45) is 2.44. The molecule has 0 spiro atoms. The van der Waals surface area contributed by atoms with Gasteiger partial charge < -0.3 is 15.2 Å². The Labute approximate surface area is 173 Å². The Hall–Kier alpha value is -2.21. The van der Waals surface area contributed by atoms with E-state index in [-0.39, 0.29) is 5.91 Å². The normalized spacial score (nSPS) is 15.8. The molecule has 156 valence electrons. The molecular formula is C24H32N2O3. The van der Waals surface area contributed by atoms with Crippen molar-refractivity contribution in [2.24, 2.45) is 0 Å². The SMILES string of the molecule is Cc1ccc(CCCC(=O)Nc2ccc(C(O)CCN3CCOCC3)cc2)cc1. The highest BCUT2D eigenvalue weighted by atomic mass is 16.5. The molecule has 2 aromatic rings. The Kier molecular flexibility index (Phi) is 8.23. The molecule has 0 bridgehead atoms. The standard InChI is InChI=1S/C24H32N2O3/c1-19-5-7-20(8-6-19)3-2-4-24(28)25-22-11-9-21(10-12-22)23(27)13-14-26-15-17-29-18-16-26/h5-12,23,27H,2-4,13-18H2,1H3,(H,25,28). The lowest BCUT2D eigenvalue weighted by molar-refractivity contribution is -0.116. The second-order valence-electron chi connectivity index (χ2n) is 7.77. The first-order valence-corrected chi connectivity index (χ1v) is 10.5. The fourth-order valence-electron chi connectivity index (χ4n) is 3.52. The number of benzene rings is 2. The van der Waals surface area contributed by atoms with Crippen LogP contribution in [0.15, 0.2) is 48.5 Å². The van der Waals surface area contributed by atoms with E-state index in [1.165, 1.54) is 11.1 Å². The van der Waals surface area contributed by atoms with Crippen molar-refractivity contribution >= 4 is 11.6 Å². The van der Waals surface area contributed by atoms with Crippen LogP contribution in [0.2, 0.25) is 0 Å². The summed E-state index contributed by atoms with van der Waals surface area (Å²) in [5.41, 5.74) is 4.17. The lowest BCUT2D eigenvalue weighted by Gasteiger charge is -2.27. The summed E-state index contributed by atoms with van der Waals surface area (Å²) >= 11 is 0. The zero-order chi connectivity index (χ0) is 20.5. The van der Waals surface area contributed by atoms with Crippen LogP contribution >= 0.6 is 0 Å². The number of carbonyl (C=O) groups excluding carboxylic acids is 1. The summed E-state index contributed by atoms with van der Waals surface area (Å²) in [6.45, 7) is 6.35. The summed E-state index contributed by atoms with van der Waals surface area (Å²) in [4.78, 5) is 14.5. The van der Waals surface area contributed by atoms with Crippen LogP contribution in [-0.2, 0) is 16.0 Å². The molecule has 2 aromatic carbocycles. The van der Waals surface area contributed by atoms with Crippen molar-refractivity contribution in [1.29, 1.82) is 0 Å². The molecule has 1 atom stereocenters. The van der Waals surface area contributed by atoms with E-state index < -0.39 is 6.10 Å². The van der Waals surface area contributed by atoms with Crippen molar-refractivity contribution in [3.05, 3.63) is 65.2 Å². The van der Waals surface area contributed by atoms with E-state index in [1.807, 2.05) is 24.3 Å². The summed E-state index contributed by atoms with van der Waals surface area (Å²) in [6, 6.07) is 16.0. The zero-order valence-corrected chi connectivity index (χ0v) is 17.3. The van der Waals surface area contributed by atoms with Crippen LogP contribution in [0.25, 0.3) is 0 Å². The van der Waals surface area contributed by atoms with Crippen molar-refractivity contribution in [3.8, 4) is 0 Å². The highest BCUT2D eigenvalue weighted by molar-refractivity contribution is 5.90. The fourth-order valence-corrected chi connectivity index (χ4v) is 3.52. The molecule has 0 aromatic heterocycles. The van der Waals surface area contributed by atoms with Gasteiger partial charge in [0.2, 0.25) is 5.91 Å². The van der Waals surface area contributed by atoms with Gasteiger partial charge in [-0.1, -0.05) is 42.0 Å². The molecule has 29 heavy (non-hydrogen) atoms. The number of hydrogen-bond donors (Lipinski definition) is 2. The summed E-state index contributed by atoms with van der Waals surface area (Å²) in [7, 11) is 0. The highest BCUT2D eigenvalue weighted by Crippen LogP contribution is 2.20. The van der Waals surface area contributed by atoms with E-state index in [2.05, 4.69) is 41.4 Å². The average Bonchev–Trinajstić information content (AvgIpc) is 2.75. The van der Waals surface area contributed by atoms with Crippen LogP contribution in [-0.4, -0.2) is 48.8 Å². The molecule has 1 saturated heterocycles. The maximum absolute atomic E-state index is 12.2. The lowest BCUT2D eigenvalue weighted by Crippen LogP contribution is -2.37. The van der Waals surface area contributed by atoms with Gasteiger partial charge in [-0.15, -0.1) is 0 Å².